The first-order chi connectivity index (χ1) is 8.79. The van der Waals surface area contributed by atoms with Gasteiger partial charge in [0.1, 0.15) is 11.3 Å². The highest BCUT2D eigenvalue weighted by atomic mass is 16.5. The van der Waals surface area contributed by atoms with E-state index in [2.05, 4.69) is 6.92 Å². The van der Waals surface area contributed by atoms with Crippen molar-refractivity contribution in [2.45, 2.75) is 32.1 Å². The molecule has 0 amide bonds. The SMILES string of the molecule is CCCOc1cccc2c(N)cc(C3CC3)nc12. The van der Waals surface area contributed by atoms with E-state index < -0.39 is 0 Å². The number of ether oxygens (including phenoxy) is 1. The molecule has 1 aromatic heterocycles. The molecule has 1 aliphatic rings. The lowest BCUT2D eigenvalue weighted by atomic mass is 10.1. The summed E-state index contributed by atoms with van der Waals surface area (Å²) >= 11 is 0. The molecule has 1 saturated carbocycles. The van der Waals surface area contributed by atoms with Crippen LogP contribution in [-0.4, -0.2) is 11.6 Å². The van der Waals surface area contributed by atoms with E-state index in [1.54, 1.807) is 0 Å². The van der Waals surface area contributed by atoms with Crippen molar-refractivity contribution in [3.63, 3.8) is 0 Å². The Hall–Kier alpha value is -1.77. The quantitative estimate of drug-likeness (QED) is 0.892. The number of anilines is 1. The molecule has 0 aliphatic heterocycles. The maximum Gasteiger partial charge on any atom is 0.145 e. The van der Waals surface area contributed by atoms with E-state index in [0.717, 1.165) is 34.5 Å². The molecule has 94 valence electrons. The molecule has 2 aromatic rings. The van der Waals surface area contributed by atoms with E-state index >= 15 is 0 Å². The highest BCUT2D eigenvalue weighted by Gasteiger charge is 2.26. The van der Waals surface area contributed by atoms with E-state index in [1.165, 1.54) is 12.8 Å². The Morgan fingerprint density at radius 1 is 1.39 bits per heavy atom. The summed E-state index contributed by atoms with van der Waals surface area (Å²) in [7, 11) is 0. The molecule has 1 aliphatic carbocycles. The summed E-state index contributed by atoms with van der Waals surface area (Å²) in [6.45, 7) is 2.82. The van der Waals surface area contributed by atoms with Crippen molar-refractivity contribution in [1.82, 2.24) is 4.98 Å². The lowest BCUT2D eigenvalue weighted by molar-refractivity contribution is 0.320. The van der Waals surface area contributed by atoms with E-state index in [0.29, 0.717) is 12.5 Å². The first kappa shape index (κ1) is 11.3. The fourth-order valence-electron chi connectivity index (χ4n) is 2.19. The zero-order chi connectivity index (χ0) is 12.5. The summed E-state index contributed by atoms with van der Waals surface area (Å²) in [4.78, 5) is 4.75. The number of pyridine rings is 1. The van der Waals surface area contributed by atoms with E-state index in [4.69, 9.17) is 15.5 Å². The number of fused-ring (bicyclic) bond motifs is 1. The second kappa shape index (κ2) is 4.48. The molecule has 0 spiro atoms. The number of aromatic nitrogens is 1. The maximum atomic E-state index is 6.12. The van der Waals surface area contributed by atoms with Gasteiger partial charge >= 0.3 is 0 Å². The largest absolute Gasteiger partial charge is 0.491 e. The van der Waals surface area contributed by atoms with Gasteiger partial charge in [-0.25, -0.2) is 4.98 Å². The second-order valence-corrected chi connectivity index (χ2v) is 4.91. The van der Waals surface area contributed by atoms with Crippen molar-refractivity contribution >= 4 is 16.6 Å². The number of hydrogen-bond acceptors (Lipinski definition) is 3. The molecule has 0 radical (unpaired) electrons. The van der Waals surface area contributed by atoms with Gasteiger partial charge in [-0.3, -0.25) is 0 Å². The minimum absolute atomic E-state index is 0.607. The summed E-state index contributed by atoms with van der Waals surface area (Å²) in [5.41, 5.74) is 8.96. The third-order valence-electron chi connectivity index (χ3n) is 3.31. The van der Waals surface area contributed by atoms with Crippen LogP contribution in [0.3, 0.4) is 0 Å². The molecule has 0 unspecified atom stereocenters. The summed E-state index contributed by atoms with van der Waals surface area (Å²) < 4.78 is 5.76. The highest BCUT2D eigenvalue weighted by molar-refractivity contribution is 5.94. The van der Waals surface area contributed by atoms with Gasteiger partial charge in [0, 0.05) is 22.7 Å². The van der Waals surface area contributed by atoms with Gasteiger partial charge in [-0.2, -0.15) is 0 Å². The minimum Gasteiger partial charge on any atom is -0.491 e. The number of nitrogens with zero attached hydrogens (tertiary/aromatic N) is 1. The lowest BCUT2D eigenvalue weighted by Crippen LogP contribution is -1.99. The van der Waals surface area contributed by atoms with Crippen LogP contribution in [0.2, 0.25) is 0 Å². The number of rotatable bonds is 4. The predicted octanol–water partition coefficient (Wildman–Crippen LogP) is 3.48. The number of hydrogen-bond donors (Lipinski definition) is 1. The van der Waals surface area contributed by atoms with Gasteiger partial charge in [0.25, 0.3) is 0 Å². The van der Waals surface area contributed by atoms with Crippen molar-refractivity contribution in [3.8, 4) is 5.75 Å². The van der Waals surface area contributed by atoms with Crippen molar-refractivity contribution < 1.29 is 4.74 Å². The predicted molar refractivity (Wildman–Crippen MR) is 73.9 cm³/mol. The summed E-state index contributed by atoms with van der Waals surface area (Å²) in [6, 6.07) is 7.97. The van der Waals surface area contributed by atoms with Gasteiger partial charge in [-0.05, 0) is 31.4 Å². The maximum absolute atomic E-state index is 6.12. The van der Waals surface area contributed by atoms with Crippen molar-refractivity contribution in [2.75, 3.05) is 12.3 Å². The Morgan fingerprint density at radius 2 is 2.22 bits per heavy atom. The Kier molecular flexibility index (Phi) is 2.82. The first-order valence-corrected chi connectivity index (χ1v) is 6.61. The van der Waals surface area contributed by atoms with Crippen molar-refractivity contribution in [1.29, 1.82) is 0 Å². The fourth-order valence-corrected chi connectivity index (χ4v) is 2.19. The average molecular weight is 242 g/mol. The topological polar surface area (TPSA) is 48.1 Å². The van der Waals surface area contributed by atoms with Crippen LogP contribution in [0, 0.1) is 0 Å². The molecule has 0 atom stereocenters. The average Bonchev–Trinajstić information content (AvgIpc) is 3.20. The number of para-hydroxylation sites is 1. The third kappa shape index (κ3) is 2.01. The van der Waals surface area contributed by atoms with E-state index in [1.807, 2.05) is 24.3 Å². The Morgan fingerprint density at radius 3 is 2.94 bits per heavy atom. The van der Waals surface area contributed by atoms with Crippen LogP contribution < -0.4 is 10.5 Å². The molecule has 0 saturated heterocycles. The van der Waals surface area contributed by atoms with Crippen LogP contribution in [0.5, 0.6) is 5.75 Å². The van der Waals surface area contributed by atoms with Crippen LogP contribution in [0.1, 0.15) is 37.8 Å². The first-order valence-electron chi connectivity index (χ1n) is 6.61. The monoisotopic (exact) mass is 242 g/mol. The minimum atomic E-state index is 0.607. The number of nitrogens with two attached hydrogens (primary N) is 1. The fraction of sp³-hybridized carbons (Fsp3) is 0.400. The van der Waals surface area contributed by atoms with Crippen LogP contribution in [0.25, 0.3) is 10.9 Å². The molecular formula is C15H18N2O. The Bertz CT molecular complexity index is 576. The molecule has 18 heavy (non-hydrogen) atoms. The number of nitrogen functional groups attached to an aromatic ring is 1. The zero-order valence-corrected chi connectivity index (χ0v) is 10.6. The molecule has 2 N–H and O–H groups in total. The van der Waals surface area contributed by atoms with Crippen LogP contribution in [-0.2, 0) is 0 Å². The molecule has 1 heterocycles. The highest BCUT2D eigenvalue weighted by Crippen LogP contribution is 2.41. The molecule has 1 aromatic carbocycles. The van der Waals surface area contributed by atoms with Crippen molar-refractivity contribution in [3.05, 3.63) is 30.0 Å². The third-order valence-corrected chi connectivity index (χ3v) is 3.31. The Balaban J connectivity index is 2.11. The van der Waals surface area contributed by atoms with Crippen LogP contribution in [0.15, 0.2) is 24.3 Å². The van der Waals surface area contributed by atoms with E-state index in [-0.39, 0.29) is 0 Å². The van der Waals surface area contributed by atoms with Gasteiger partial charge < -0.3 is 10.5 Å². The molecule has 3 heteroatoms. The van der Waals surface area contributed by atoms with Gasteiger partial charge in [0.05, 0.1) is 6.61 Å². The molecule has 0 bridgehead atoms. The summed E-state index contributed by atoms with van der Waals surface area (Å²) in [5.74, 6) is 1.46. The standard InChI is InChI=1S/C15H18N2O/c1-2-8-18-14-5-3-4-11-12(16)9-13(10-6-7-10)17-15(11)14/h3-5,9-10H,2,6-8H2,1H3,(H2,16,17). The smallest absolute Gasteiger partial charge is 0.145 e. The van der Waals surface area contributed by atoms with Crippen LogP contribution in [0.4, 0.5) is 5.69 Å². The molecule has 1 fully saturated rings. The van der Waals surface area contributed by atoms with Gasteiger partial charge in [0.15, 0.2) is 0 Å². The van der Waals surface area contributed by atoms with E-state index in [9.17, 15) is 0 Å². The normalized spacial score (nSPS) is 14.9. The zero-order valence-electron chi connectivity index (χ0n) is 10.6. The van der Waals surface area contributed by atoms with Gasteiger partial charge in [-0.15, -0.1) is 0 Å². The van der Waals surface area contributed by atoms with Gasteiger partial charge in [-0.1, -0.05) is 19.1 Å². The van der Waals surface area contributed by atoms with Crippen LogP contribution >= 0.6 is 0 Å². The number of benzene rings is 1. The van der Waals surface area contributed by atoms with Gasteiger partial charge in [0.2, 0.25) is 0 Å². The molecule has 3 nitrogen and oxygen atoms in total. The summed E-state index contributed by atoms with van der Waals surface area (Å²) in [6.07, 6.45) is 3.46. The Labute approximate surface area is 107 Å². The molecular weight excluding hydrogens is 224 g/mol. The second-order valence-electron chi connectivity index (χ2n) is 4.91. The van der Waals surface area contributed by atoms with Crippen molar-refractivity contribution in [2.24, 2.45) is 0 Å². The molecule has 3 rings (SSSR count). The lowest BCUT2D eigenvalue weighted by Gasteiger charge is -2.10. The summed E-state index contributed by atoms with van der Waals surface area (Å²) in [5, 5.41) is 0.994.